The van der Waals surface area contributed by atoms with E-state index in [-0.39, 0.29) is 54.1 Å². The monoisotopic (exact) mass is 528 g/mol. The zero-order chi connectivity index (χ0) is 26.3. The van der Waals surface area contributed by atoms with Crippen molar-refractivity contribution in [3.05, 3.63) is 28.9 Å². The third kappa shape index (κ3) is 4.69. The Morgan fingerprint density at radius 2 is 2.05 bits per heavy atom. The van der Waals surface area contributed by atoms with Gasteiger partial charge in [-0.1, -0.05) is 24.9 Å². The predicted octanol–water partition coefficient (Wildman–Crippen LogP) is 3.06. The fourth-order valence-corrected chi connectivity index (χ4v) is 6.59. The summed E-state index contributed by atoms with van der Waals surface area (Å²) in [5.41, 5.74) is 0.963. The highest BCUT2D eigenvalue weighted by Gasteiger charge is 2.50. The van der Waals surface area contributed by atoms with Crippen LogP contribution in [0.3, 0.4) is 0 Å². The highest BCUT2D eigenvalue weighted by Crippen LogP contribution is 2.43. The summed E-state index contributed by atoms with van der Waals surface area (Å²) < 4.78 is 5.42. The number of amides is 3. The van der Waals surface area contributed by atoms with E-state index in [1.54, 1.807) is 37.1 Å². The highest BCUT2D eigenvalue weighted by atomic mass is 35.5. The number of halogens is 1. The molecule has 3 amide bonds. The van der Waals surface area contributed by atoms with Crippen LogP contribution in [-0.2, 0) is 14.4 Å². The number of likely N-dealkylation sites (tertiary alicyclic amines) is 1. The lowest BCUT2D eigenvalue weighted by Crippen LogP contribution is -2.53. The Morgan fingerprint density at radius 1 is 1.24 bits per heavy atom. The van der Waals surface area contributed by atoms with Crippen molar-refractivity contribution in [2.75, 3.05) is 20.2 Å². The first-order valence-corrected chi connectivity index (χ1v) is 13.5. The van der Waals surface area contributed by atoms with E-state index >= 15 is 0 Å². The molecule has 2 saturated heterocycles. The Kier molecular flexibility index (Phi) is 7.16. The third-order valence-corrected chi connectivity index (χ3v) is 8.64. The van der Waals surface area contributed by atoms with Gasteiger partial charge >= 0.3 is 0 Å². The summed E-state index contributed by atoms with van der Waals surface area (Å²) in [7, 11) is 1.55. The average molecular weight is 529 g/mol. The van der Waals surface area contributed by atoms with Crippen molar-refractivity contribution >= 4 is 46.0 Å². The number of carbonyl (C=O) groups excluding carboxylic acids is 4. The number of fused-ring (bicyclic) bond motifs is 2. The van der Waals surface area contributed by atoms with Gasteiger partial charge in [0.15, 0.2) is 5.78 Å². The molecule has 0 radical (unpaired) electrons. The Bertz CT molecular complexity index is 1240. The zero-order valence-corrected chi connectivity index (χ0v) is 21.9. The molecule has 1 saturated carbocycles. The third-order valence-electron chi connectivity index (χ3n) is 8.31. The lowest BCUT2D eigenvalue weighted by atomic mass is 9.91. The fourth-order valence-electron chi connectivity index (χ4n) is 6.38. The molecule has 0 spiro atoms. The molecule has 1 aromatic heterocycles. The summed E-state index contributed by atoms with van der Waals surface area (Å²) in [6, 6.07) is 3.74. The molecule has 3 N–H and O–H groups in total. The first kappa shape index (κ1) is 25.6. The van der Waals surface area contributed by atoms with Gasteiger partial charge in [-0.3, -0.25) is 19.2 Å². The number of nitrogens with one attached hydrogen (secondary N) is 3. The zero-order valence-electron chi connectivity index (χ0n) is 21.1. The number of H-pyrrole nitrogens is 1. The van der Waals surface area contributed by atoms with E-state index in [9.17, 15) is 19.2 Å². The largest absolute Gasteiger partial charge is 0.495 e. The molecule has 5 unspecified atom stereocenters. The number of hydrogen-bond acceptors (Lipinski definition) is 5. The molecule has 2 aromatic rings. The van der Waals surface area contributed by atoms with Gasteiger partial charge in [0.25, 0.3) is 5.91 Å². The van der Waals surface area contributed by atoms with Crippen LogP contribution in [0.1, 0.15) is 55.9 Å². The van der Waals surface area contributed by atoms with Crippen LogP contribution in [0.4, 0.5) is 0 Å². The van der Waals surface area contributed by atoms with Crippen LogP contribution in [0, 0.1) is 17.8 Å². The maximum atomic E-state index is 13.8. The number of Topliss-reactive ketones (excluding diaryl/α,β-unsaturated/α-hetero) is 1. The summed E-state index contributed by atoms with van der Waals surface area (Å²) >= 11 is 6.38. The molecule has 10 heteroatoms. The Labute approximate surface area is 220 Å². The normalized spacial score (nSPS) is 25.7. The molecular formula is C27H33ClN4O5. The SMILES string of the molecule is CCC(=O)C(CC1CCNC1=O)NC(=O)C1C2CCCC2CN1C(=O)c1cc2c(Cl)ccc(OC)c2[nH]1. The first-order valence-electron chi connectivity index (χ1n) is 13.1. The minimum atomic E-state index is -0.750. The minimum Gasteiger partial charge on any atom is -0.495 e. The van der Waals surface area contributed by atoms with Gasteiger partial charge in [-0.15, -0.1) is 0 Å². The van der Waals surface area contributed by atoms with Crippen LogP contribution < -0.4 is 15.4 Å². The van der Waals surface area contributed by atoms with Crippen LogP contribution >= 0.6 is 11.6 Å². The van der Waals surface area contributed by atoms with Gasteiger partial charge in [0.2, 0.25) is 11.8 Å². The van der Waals surface area contributed by atoms with E-state index in [2.05, 4.69) is 15.6 Å². The molecule has 9 nitrogen and oxygen atoms in total. The second-order valence-corrected chi connectivity index (χ2v) is 10.8. The van der Waals surface area contributed by atoms with E-state index in [0.717, 1.165) is 19.3 Å². The Balaban J connectivity index is 1.41. The molecule has 3 fully saturated rings. The van der Waals surface area contributed by atoms with Gasteiger partial charge in [-0.05, 0) is 55.7 Å². The molecule has 3 aliphatic rings. The number of aromatic nitrogens is 1. The van der Waals surface area contributed by atoms with Crippen LogP contribution in [0.5, 0.6) is 5.75 Å². The summed E-state index contributed by atoms with van der Waals surface area (Å²) in [4.78, 5) is 57.2. The van der Waals surface area contributed by atoms with E-state index in [1.165, 1.54) is 0 Å². The van der Waals surface area contributed by atoms with Gasteiger partial charge in [0.1, 0.15) is 17.5 Å². The van der Waals surface area contributed by atoms with Gasteiger partial charge in [0, 0.05) is 30.8 Å². The number of aromatic amines is 1. The molecule has 5 rings (SSSR count). The number of carbonyl (C=O) groups is 4. The molecule has 37 heavy (non-hydrogen) atoms. The number of nitrogens with zero attached hydrogens (tertiary/aromatic N) is 1. The fraction of sp³-hybridized carbons (Fsp3) is 0.556. The quantitative estimate of drug-likeness (QED) is 0.486. The second kappa shape index (κ2) is 10.4. The van der Waals surface area contributed by atoms with Crippen LogP contribution in [0.15, 0.2) is 18.2 Å². The smallest absolute Gasteiger partial charge is 0.271 e. The van der Waals surface area contributed by atoms with Gasteiger partial charge < -0.3 is 25.3 Å². The molecule has 1 aliphatic carbocycles. The van der Waals surface area contributed by atoms with Crippen molar-refractivity contribution in [3.8, 4) is 5.75 Å². The summed E-state index contributed by atoms with van der Waals surface area (Å²) in [6.45, 7) is 2.82. The van der Waals surface area contributed by atoms with E-state index in [0.29, 0.717) is 46.9 Å². The van der Waals surface area contributed by atoms with Crippen molar-refractivity contribution in [1.82, 2.24) is 20.5 Å². The van der Waals surface area contributed by atoms with Crippen LogP contribution in [0.25, 0.3) is 10.9 Å². The number of benzene rings is 1. The maximum absolute atomic E-state index is 13.8. The van der Waals surface area contributed by atoms with Crippen molar-refractivity contribution in [2.24, 2.45) is 17.8 Å². The molecule has 0 bridgehead atoms. The molecule has 3 heterocycles. The molecule has 2 aliphatic heterocycles. The van der Waals surface area contributed by atoms with E-state index in [1.807, 2.05) is 0 Å². The number of ether oxygens (including phenoxy) is 1. The standard InChI is InChI=1S/C27H33ClN4O5/c1-3-21(33)19(11-14-9-10-29-25(14)34)31-26(35)24-16-6-4-5-15(16)13-32(24)27(36)20-12-17-18(28)7-8-22(37-2)23(17)30-20/h7-8,12,14-16,19,24,30H,3-6,9-11,13H2,1-2H3,(H,29,34)(H,31,35). The summed E-state index contributed by atoms with van der Waals surface area (Å²) in [6.07, 6.45) is 4.02. The van der Waals surface area contributed by atoms with Crippen molar-refractivity contribution in [1.29, 1.82) is 0 Å². The summed E-state index contributed by atoms with van der Waals surface area (Å²) in [5.74, 6) is -0.233. The van der Waals surface area contributed by atoms with E-state index in [4.69, 9.17) is 16.3 Å². The molecule has 1 aromatic carbocycles. The lowest BCUT2D eigenvalue weighted by Gasteiger charge is -2.29. The summed E-state index contributed by atoms with van der Waals surface area (Å²) in [5, 5.41) is 6.91. The highest BCUT2D eigenvalue weighted by molar-refractivity contribution is 6.35. The first-order chi connectivity index (χ1) is 17.8. The van der Waals surface area contributed by atoms with Crippen molar-refractivity contribution in [3.63, 3.8) is 0 Å². The molecule has 198 valence electrons. The van der Waals surface area contributed by atoms with Crippen molar-refractivity contribution < 1.29 is 23.9 Å². The van der Waals surface area contributed by atoms with Crippen LogP contribution in [0.2, 0.25) is 5.02 Å². The lowest BCUT2D eigenvalue weighted by molar-refractivity contribution is -0.132. The number of ketones is 1. The number of methoxy groups -OCH3 is 1. The van der Waals surface area contributed by atoms with E-state index < -0.39 is 12.1 Å². The van der Waals surface area contributed by atoms with Gasteiger partial charge in [0.05, 0.1) is 23.7 Å². The predicted molar refractivity (Wildman–Crippen MR) is 138 cm³/mol. The number of hydrogen-bond donors (Lipinski definition) is 3. The van der Waals surface area contributed by atoms with Gasteiger partial charge in [-0.2, -0.15) is 0 Å². The Hall–Kier alpha value is -3.07. The Morgan fingerprint density at radius 3 is 2.76 bits per heavy atom. The minimum absolute atomic E-state index is 0.0404. The van der Waals surface area contributed by atoms with Crippen molar-refractivity contribution in [2.45, 2.75) is 57.5 Å². The second-order valence-electron chi connectivity index (χ2n) is 10.4. The average Bonchev–Trinajstić information content (AvgIpc) is 3.67. The molecular weight excluding hydrogens is 496 g/mol. The number of rotatable bonds is 8. The van der Waals surface area contributed by atoms with Gasteiger partial charge in [-0.25, -0.2) is 0 Å². The molecule has 5 atom stereocenters. The maximum Gasteiger partial charge on any atom is 0.271 e. The topological polar surface area (TPSA) is 121 Å². The van der Waals surface area contributed by atoms with Crippen LogP contribution in [-0.4, -0.2) is 65.7 Å².